The maximum absolute atomic E-state index is 9.49. The van der Waals surface area contributed by atoms with Crippen LogP contribution in [0.1, 0.15) is 52.4 Å². The topological polar surface area (TPSA) is 30.3 Å². The van der Waals surface area contributed by atoms with Gasteiger partial charge in [-0.3, -0.25) is 4.90 Å². The van der Waals surface area contributed by atoms with Crippen molar-refractivity contribution in [3.63, 3.8) is 0 Å². The van der Waals surface area contributed by atoms with Gasteiger partial charge in [0, 0.05) is 19.1 Å². The van der Waals surface area contributed by atoms with Crippen molar-refractivity contribution >= 4 is 0 Å². The second kappa shape index (κ2) is 9.37. The molecule has 0 radical (unpaired) electrons. The van der Waals surface area contributed by atoms with Gasteiger partial charge in [-0.05, 0) is 52.2 Å². The molecule has 1 aliphatic carbocycles. The number of likely N-dealkylation sites (N-methyl/N-ethyl adjacent to an activating group) is 1. The average Bonchev–Trinajstić information content (AvgIpc) is 2.43. The van der Waals surface area contributed by atoms with E-state index in [-0.39, 0.29) is 5.92 Å². The molecule has 0 heterocycles. The van der Waals surface area contributed by atoms with Crippen LogP contribution >= 0.6 is 0 Å². The quantitative estimate of drug-likeness (QED) is 0.682. The summed E-state index contributed by atoms with van der Waals surface area (Å²) in [7, 11) is 4.26. The number of hydrogen-bond donors (Lipinski definition) is 0. The Morgan fingerprint density at radius 1 is 1.05 bits per heavy atom. The third-order valence-corrected chi connectivity index (χ3v) is 4.60. The lowest BCUT2D eigenvalue weighted by atomic mass is 9.76. The molecule has 1 saturated carbocycles. The van der Waals surface area contributed by atoms with E-state index in [1.807, 2.05) is 0 Å². The minimum absolute atomic E-state index is 0.247. The van der Waals surface area contributed by atoms with Crippen molar-refractivity contribution in [1.29, 1.82) is 5.26 Å². The SMILES string of the molecule is CCCC1CCC(C#N)C(N(CCC)CCN(C)C)C1. The molecule has 0 aromatic carbocycles. The van der Waals surface area contributed by atoms with Crippen molar-refractivity contribution in [3.05, 3.63) is 0 Å². The molecule has 0 amide bonds. The predicted octanol–water partition coefficient (Wildman–Crippen LogP) is 3.37. The van der Waals surface area contributed by atoms with Crippen LogP contribution in [0.25, 0.3) is 0 Å². The molecule has 1 rings (SSSR count). The number of nitriles is 1. The Bertz CT molecular complexity index is 295. The Balaban J connectivity index is 2.68. The smallest absolute Gasteiger partial charge is 0.0672 e. The Morgan fingerprint density at radius 3 is 2.35 bits per heavy atom. The highest BCUT2D eigenvalue weighted by Gasteiger charge is 2.33. The molecule has 1 aliphatic rings. The van der Waals surface area contributed by atoms with Crippen LogP contribution in [0.2, 0.25) is 0 Å². The molecule has 116 valence electrons. The first kappa shape index (κ1) is 17.5. The largest absolute Gasteiger partial charge is 0.308 e. The summed E-state index contributed by atoms with van der Waals surface area (Å²) in [4.78, 5) is 4.84. The van der Waals surface area contributed by atoms with Crippen LogP contribution in [0.4, 0.5) is 0 Å². The highest BCUT2D eigenvalue weighted by Crippen LogP contribution is 2.34. The maximum Gasteiger partial charge on any atom is 0.0672 e. The lowest BCUT2D eigenvalue weighted by Crippen LogP contribution is -2.46. The fourth-order valence-electron chi connectivity index (χ4n) is 3.51. The molecule has 0 bridgehead atoms. The van der Waals surface area contributed by atoms with Crippen LogP contribution in [-0.4, -0.2) is 49.6 Å². The summed E-state index contributed by atoms with van der Waals surface area (Å²) in [6, 6.07) is 3.08. The predicted molar refractivity (Wildman–Crippen MR) is 85.6 cm³/mol. The van der Waals surface area contributed by atoms with Crippen LogP contribution in [0.3, 0.4) is 0 Å². The van der Waals surface area contributed by atoms with Crippen molar-refractivity contribution in [2.75, 3.05) is 33.7 Å². The van der Waals surface area contributed by atoms with Crippen molar-refractivity contribution in [3.8, 4) is 6.07 Å². The molecule has 0 spiro atoms. The number of hydrogen-bond acceptors (Lipinski definition) is 3. The highest BCUT2D eigenvalue weighted by atomic mass is 15.2. The Morgan fingerprint density at radius 2 is 1.80 bits per heavy atom. The van der Waals surface area contributed by atoms with Crippen molar-refractivity contribution in [1.82, 2.24) is 9.80 Å². The zero-order chi connectivity index (χ0) is 15.0. The van der Waals surface area contributed by atoms with Gasteiger partial charge in [0.25, 0.3) is 0 Å². The summed E-state index contributed by atoms with van der Waals surface area (Å²) in [5, 5.41) is 9.49. The first-order valence-electron chi connectivity index (χ1n) is 8.40. The molecule has 20 heavy (non-hydrogen) atoms. The first-order valence-corrected chi connectivity index (χ1v) is 8.40. The molecule has 3 unspecified atom stereocenters. The van der Waals surface area contributed by atoms with E-state index in [1.54, 1.807) is 0 Å². The van der Waals surface area contributed by atoms with Gasteiger partial charge in [-0.15, -0.1) is 0 Å². The van der Waals surface area contributed by atoms with Crippen LogP contribution in [0, 0.1) is 23.2 Å². The van der Waals surface area contributed by atoms with Crippen molar-refractivity contribution in [2.45, 2.75) is 58.4 Å². The average molecular weight is 279 g/mol. The fourth-order valence-corrected chi connectivity index (χ4v) is 3.51. The summed E-state index contributed by atoms with van der Waals surface area (Å²) < 4.78 is 0. The van der Waals surface area contributed by atoms with Gasteiger partial charge in [0.05, 0.1) is 12.0 Å². The fraction of sp³-hybridized carbons (Fsp3) is 0.941. The normalized spacial score (nSPS) is 26.9. The van der Waals surface area contributed by atoms with Crippen LogP contribution < -0.4 is 0 Å². The molecule has 0 saturated heterocycles. The second-order valence-corrected chi connectivity index (χ2v) is 6.61. The van der Waals surface area contributed by atoms with Gasteiger partial charge >= 0.3 is 0 Å². The Labute approximate surface area is 125 Å². The molecule has 0 N–H and O–H groups in total. The maximum atomic E-state index is 9.49. The van der Waals surface area contributed by atoms with E-state index in [2.05, 4.69) is 43.8 Å². The highest BCUT2D eigenvalue weighted by molar-refractivity contribution is 4.97. The summed E-state index contributed by atoms with van der Waals surface area (Å²) >= 11 is 0. The van der Waals surface area contributed by atoms with Gasteiger partial charge in [-0.2, -0.15) is 5.26 Å². The Kier molecular flexibility index (Phi) is 8.18. The molecular weight excluding hydrogens is 246 g/mol. The minimum atomic E-state index is 0.247. The molecule has 3 nitrogen and oxygen atoms in total. The van der Waals surface area contributed by atoms with Gasteiger partial charge in [0.15, 0.2) is 0 Å². The van der Waals surface area contributed by atoms with E-state index < -0.39 is 0 Å². The minimum Gasteiger partial charge on any atom is -0.308 e. The zero-order valence-corrected chi connectivity index (χ0v) is 13.9. The first-order chi connectivity index (χ1) is 9.62. The van der Waals surface area contributed by atoms with Gasteiger partial charge < -0.3 is 4.90 Å². The van der Waals surface area contributed by atoms with Crippen LogP contribution in [0.15, 0.2) is 0 Å². The third kappa shape index (κ3) is 5.42. The van der Waals surface area contributed by atoms with Gasteiger partial charge in [0.1, 0.15) is 0 Å². The van der Waals surface area contributed by atoms with Gasteiger partial charge in [0.2, 0.25) is 0 Å². The van der Waals surface area contributed by atoms with Gasteiger partial charge in [-0.1, -0.05) is 26.7 Å². The van der Waals surface area contributed by atoms with E-state index in [9.17, 15) is 5.26 Å². The summed E-state index contributed by atoms with van der Waals surface area (Å²) in [5.74, 6) is 1.09. The van der Waals surface area contributed by atoms with Gasteiger partial charge in [-0.25, -0.2) is 0 Å². The second-order valence-electron chi connectivity index (χ2n) is 6.61. The summed E-state index contributed by atoms with van der Waals surface area (Å²) in [6.07, 6.45) is 7.40. The lowest BCUT2D eigenvalue weighted by Gasteiger charge is -2.40. The molecule has 0 aliphatic heterocycles. The molecule has 0 aromatic rings. The molecular formula is C17H33N3. The lowest BCUT2D eigenvalue weighted by molar-refractivity contribution is 0.0911. The van der Waals surface area contributed by atoms with Crippen LogP contribution in [0.5, 0.6) is 0 Å². The monoisotopic (exact) mass is 279 g/mol. The third-order valence-electron chi connectivity index (χ3n) is 4.60. The Hall–Kier alpha value is -0.590. The standard InChI is InChI=1S/C17H33N3/c1-5-7-15-8-9-16(14-18)17(13-15)20(10-6-2)12-11-19(3)4/h15-17H,5-13H2,1-4H3. The zero-order valence-electron chi connectivity index (χ0n) is 13.9. The summed E-state index contributed by atoms with van der Waals surface area (Å²) in [5.41, 5.74) is 0. The van der Waals surface area contributed by atoms with Crippen molar-refractivity contribution in [2.24, 2.45) is 11.8 Å². The number of rotatable bonds is 8. The van der Waals surface area contributed by atoms with Crippen LogP contribution in [-0.2, 0) is 0 Å². The van der Waals surface area contributed by atoms with E-state index in [1.165, 1.54) is 32.1 Å². The van der Waals surface area contributed by atoms with E-state index in [0.29, 0.717) is 6.04 Å². The summed E-state index contributed by atoms with van der Waals surface area (Å²) in [6.45, 7) is 7.85. The molecule has 0 aromatic heterocycles. The number of nitrogens with zero attached hydrogens (tertiary/aromatic N) is 3. The van der Waals surface area contributed by atoms with Crippen molar-refractivity contribution < 1.29 is 0 Å². The van der Waals surface area contributed by atoms with E-state index in [0.717, 1.165) is 32.0 Å². The molecule has 3 atom stereocenters. The molecule has 1 fully saturated rings. The van der Waals surface area contributed by atoms with E-state index in [4.69, 9.17) is 0 Å². The van der Waals surface area contributed by atoms with E-state index >= 15 is 0 Å². The molecule has 3 heteroatoms.